The van der Waals surface area contributed by atoms with Gasteiger partial charge in [0.1, 0.15) is 0 Å². The smallest absolute Gasteiger partial charge is 0.0242 e. The van der Waals surface area contributed by atoms with Crippen molar-refractivity contribution in [2.45, 2.75) is 38.9 Å². The summed E-state index contributed by atoms with van der Waals surface area (Å²) in [5.74, 6) is 0. The summed E-state index contributed by atoms with van der Waals surface area (Å²) in [7, 11) is 4.22. The molecule has 1 aliphatic rings. The van der Waals surface area contributed by atoms with Crippen LogP contribution in [0.4, 0.5) is 0 Å². The van der Waals surface area contributed by atoms with Crippen LogP contribution in [0.25, 0.3) is 0 Å². The maximum Gasteiger partial charge on any atom is 0.0242 e. The first kappa shape index (κ1) is 16.9. The number of hydrogen-bond donors (Lipinski definition) is 1. The van der Waals surface area contributed by atoms with Gasteiger partial charge in [0.15, 0.2) is 0 Å². The van der Waals surface area contributed by atoms with E-state index in [-0.39, 0.29) is 0 Å². The maximum atomic E-state index is 3.72. The summed E-state index contributed by atoms with van der Waals surface area (Å²) in [6.45, 7) is 7.82. The highest BCUT2D eigenvalue weighted by Gasteiger charge is 2.24. The fourth-order valence-electron chi connectivity index (χ4n) is 3.27. The fraction of sp³-hybridized carbons (Fsp3) is 0.647. The topological polar surface area (TPSA) is 18.5 Å². The molecule has 2 rings (SSSR count). The highest BCUT2D eigenvalue weighted by atomic mass is 79.9. The Morgan fingerprint density at radius 2 is 2.24 bits per heavy atom. The first-order valence-electron chi connectivity index (χ1n) is 7.98. The summed E-state index contributed by atoms with van der Waals surface area (Å²) in [5.41, 5.74) is 2.70. The Hall–Kier alpha value is -0.420. The van der Waals surface area contributed by atoms with Gasteiger partial charge in [-0.1, -0.05) is 35.0 Å². The van der Waals surface area contributed by atoms with E-state index in [1.807, 2.05) is 7.05 Å². The van der Waals surface area contributed by atoms with Crippen LogP contribution in [0.1, 0.15) is 30.9 Å². The Balaban J connectivity index is 1.91. The van der Waals surface area contributed by atoms with Crippen molar-refractivity contribution in [1.82, 2.24) is 15.1 Å². The number of benzene rings is 1. The summed E-state index contributed by atoms with van der Waals surface area (Å²) in [6.07, 6.45) is 2.70. The van der Waals surface area contributed by atoms with Crippen LogP contribution in [-0.4, -0.2) is 49.6 Å². The Kier molecular flexibility index (Phi) is 6.68. The number of likely N-dealkylation sites (N-methyl/N-ethyl adjacent to an activating group) is 2. The normalized spacial score (nSPS) is 19.6. The number of likely N-dealkylation sites (tertiary alicyclic amines) is 1. The molecule has 1 atom stereocenters. The number of halogens is 1. The molecule has 0 aromatic heterocycles. The van der Waals surface area contributed by atoms with Gasteiger partial charge in [-0.15, -0.1) is 0 Å². The second kappa shape index (κ2) is 8.28. The lowest BCUT2D eigenvalue weighted by atomic mass is 10.1. The van der Waals surface area contributed by atoms with Crippen molar-refractivity contribution in [3.8, 4) is 0 Å². The van der Waals surface area contributed by atoms with E-state index >= 15 is 0 Å². The maximum absolute atomic E-state index is 3.72. The van der Waals surface area contributed by atoms with Crippen molar-refractivity contribution in [2.24, 2.45) is 0 Å². The van der Waals surface area contributed by atoms with E-state index in [4.69, 9.17) is 0 Å². The molecule has 1 unspecified atom stereocenters. The minimum Gasteiger partial charge on any atom is -0.316 e. The van der Waals surface area contributed by atoms with Gasteiger partial charge >= 0.3 is 0 Å². The van der Waals surface area contributed by atoms with E-state index in [0.717, 1.165) is 19.1 Å². The van der Waals surface area contributed by atoms with Crippen molar-refractivity contribution in [3.63, 3.8) is 0 Å². The molecular weight excluding hydrogens is 326 g/mol. The molecule has 1 aromatic rings. The fourth-order valence-corrected chi connectivity index (χ4v) is 3.82. The van der Waals surface area contributed by atoms with E-state index in [1.54, 1.807) is 0 Å². The largest absolute Gasteiger partial charge is 0.316 e. The van der Waals surface area contributed by atoms with Gasteiger partial charge in [0.2, 0.25) is 0 Å². The van der Waals surface area contributed by atoms with E-state index in [0.29, 0.717) is 0 Å². The Labute approximate surface area is 137 Å². The van der Waals surface area contributed by atoms with Crippen LogP contribution in [0.3, 0.4) is 0 Å². The molecule has 3 nitrogen and oxygen atoms in total. The zero-order valence-electron chi connectivity index (χ0n) is 13.5. The lowest BCUT2D eigenvalue weighted by molar-refractivity contribution is 0.194. The number of nitrogens with zero attached hydrogens (tertiary/aromatic N) is 2. The van der Waals surface area contributed by atoms with Crippen molar-refractivity contribution in [2.75, 3.05) is 33.7 Å². The summed E-state index contributed by atoms with van der Waals surface area (Å²) in [4.78, 5) is 5.07. The van der Waals surface area contributed by atoms with Crippen LogP contribution < -0.4 is 5.32 Å². The van der Waals surface area contributed by atoms with Crippen molar-refractivity contribution in [1.29, 1.82) is 0 Å². The number of hydrogen-bond acceptors (Lipinski definition) is 3. The Bertz CT molecular complexity index is 450. The third-order valence-electron chi connectivity index (χ3n) is 4.37. The van der Waals surface area contributed by atoms with Crippen LogP contribution >= 0.6 is 15.9 Å². The zero-order valence-corrected chi connectivity index (χ0v) is 15.1. The van der Waals surface area contributed by atoms with Gasteiger partial charge in [0.25, 0.3) is 0 Å². The van der Waals surface area contributed by atoms with Crippen LogP contribution in [0.2, 0.25) is 0 Å². The molecule has 21 heavy (non-hydrogen) atoms. The molecular formula is C17H28BrN3. The zero-order chi connectivity index (χ0) is 15.2. The average molecular weight is 354 g/mol. The average Bonchev–Trinajstić information content (AvgIpc) is 2.89. The molecule has 4 heteroatoms. The SMILES string of the molecule is CCN1CCCC1CN(C)Cc1ccc(CNC)cc1Br. The molecule has 1 heterocycles. The highest BCUT2D eigenvalue weighted by molar-refractivity contribution is 9.10. The van der Waals surface area contributed by atoms with Crippen LogP contribution in [0, 0.1) is 0 Å². The van der Waals surface area contributed by atoms with Gasteiger partial charge in [0, 0.05) is 30.1 Å². The van der Waals surface area contributed by atoms with Gasteiger partial charge in [0.05, 0.1) is 0 Å². The number of nitrogens with one attached hydrogen (secondary N) is 1. The van der Waals surface area contributed by atoms with E-state index in [1.165, 1.54) is 48.1 Å². The molecule has 1 saturated heterocycles. The van der Waals surface area contributed by atoms with Gasteiger partial charge in [-0.25, -0.2) is 0 Å². The first-order chi connectivity index (χ1) is 10.1. The summed E-state index contributed by atoms with van der Waals surface area (Å²) < 4.78 is 1.22. The highest BCUT2D eigenvalue weighted by Crippen LogP contribution is 2.22. The summed E-state index contributed by atoms with van der Waals surface area (Å²) in [6, 6.07) is 7.44. The van der Waals surface area contributed by atoms with Crippen molar-refractivity contribution >= 4 is 15.9 Å². The van der Waals surface area contributed by atoms with E-state index in [9.17, 15) is 0 Å². The number of rotatable bonds is 7. The monoisotopic (exact) mass is 353 g/mol. The molecule has 1 aromatic carbocycles. The van der Waals surface area contributed by atoms with Gasteiger partial charge in [-0.3, -0.25) is 4.90 Å². The Morgan fingerprint density at radius 1 is 1.43 bits per heavy atom. The lowest BCUT2D eigenvalue weighted by Crippen LogP contribution is -2.38. The van der Waals surface area contributed by atoms with Crippen molar-refractivity contribution < 1.29 is 0 Å². The minimum absolute atomic E-state index is 0.738. The van der Waals surface area contributed by atoms with Gasteiger partial charge in [-0.05, 0) is 57.2 Å². The standard InChI is InChI=1S/C17H28BrN3/c1-4-21-9-5-6-16(21)13-20(3)12-15-8-7-14(11-19-2)10-17(15)18/h7-8,10,16,19H,4-6,9,11-13H2,1-3H3. The van der Waals surface area contributed by atoms with Crippen LogP contribution in [0.15, 0.2) is 22.7 Å². The molecule has 1 N–H and O–H groups in total. The molecule has 0 radical (unpaired) electrons. The molecule has 118 valence electrons. The molecule has 0 spiro atoms. The lowest BCUT2D eigenvalue weighted by Gasteiger charge is -2.28. The molecule has 0 amide bonds. The molecule has 0 bridgehead atoms. The van der Waals surface area contributed by atoms with E-state index < -0.39 is 0 Å². The first-order valence-corrected chi connectivity index (χ1v) is 8.77. The van der Waals surface area contributed by atoms with Crippen LogP contribution in [-0.2, 0) is 13.1 Å². The predicted octanol–water partition coefficient (Wildman–Crippen LogP) is 3.08. The summed E-state index contributed by atoms with van der Waals surface area (Å²) in [5, 5.41) is 3.19. The quantitative estimate of drug-likeness (QED) is 0.812. The molecule has 0 aliphatic carbocycles. The Morgan fingerprint density at radius 3 is 2.90 bits per heavy atom. The van der Waals surface area contributed by atoms with Crippen LogP contribution in [0.5, 0.6) is 0 Å². The minimum atomic E-state index is 0.738. The predicted molar refractivity (Wildman–Crippen MR) is 93.5 cm³/mol. The van der Waals surface area contributed by atoms with E-state index in [2.05, 4.69) is 63.2 Å². The van der Waals surface area contributed by atoms with Crippen molar-refractivity contribution in [3.05, 3.63) is 33.8 Å². The molecule has 0 saturated carbocycles. The molecule has 1 aliphatic heterocycles. The third kappa shape index (κ3) is 4.78. The van der Waals surface area contributed by atoms with Gasteiger partial charge in [-0.2, -0.15) is 0 Å². The molecule has 1 fully saturated rings. The van der Waals surface area contributed by atoms with Gasteiger partial charge < -0.3 is 10.2 Å². The second-order valence-corrected chi connectivity index (χ2v) is 6.93. The third-order valence-corrected chi connectivity index (χ3v) is 5.10. The summed E-state index contributed by atoms with van der Waals surface area (Å²) >= 11 is 3.72. The second-order valence-electron chi connectivity index (χ2n) is 6.08.